The van der Waals surface area contributed by atoms with Crippen LogP contribution in [-0.4, -0.2) is 35.1 Å². The minimum atomic E-state index is -0.897. The van der Waals surface area contributed by atoms with E-state index in [4.69, 9.17) is 9.47 Å². The molecule has 4 heteroatoms. The maximum atomic E-state index is 11.9. The number of rotatable bonds is 3. The monoisotopic (exact) mass is 414 g/mol. The molecular weight excluding hydrogens is 376 g/mol. The maximum Gasteiger partial charge on any atom is 0.165 e. The van der Waals surface area contributed by atoms with Crippen LogP contribution < -0.4 is 4.74 Å². The summed E-state index contributed by atoms with van der Waals surface area (Å²) in [6.07, 6.45) is 6.20. The Balaban J connectivity index is 1.77. The van der Waals surface area contributed by atoms with Gasteiger partial charge in [0, 0.05) is 24.0 Å². The molecule has 30 heavy (non-hydrogen) atoms. The molecule has 7 atom stereocenters. The average Bonchev–Trinajstić information content (AvgIpc) is 3.02. The number of phenols is 1. The quantitative estimate of drug-likeness (QED) is 0.733. The molecule has 2 fully saturated rings. The molecule has 0 saturated heterocycles. The van der Waals surface area contributed by atoms with Crippen LogP contribution >= 0.6 is 0 Å². The van der Waals surface area contributed by atoms with Gasteiger partial charge in [0.2, 0.25) is 0 Å². The predicted molar refractivity (Wildman–Crippen MR) is 117 cm³/mol. The van der Waals surface area contributed by atoms with E-state index in [0.29, 0.717) is 11.7 Å². The van der Waals surface area contributed by atoms with E-state index in [1.165, 1.54) is 24.0 Å². The van der Waals surface area contributed by atoms with E-state index in [-0.39, 0.29) is 40.1 Å². The molecule has 0 radical (unpaired) electrons. The third-order valence-electron chi connectivity index (χ3n) is 10.1. The SMILES string of the molecule is CC[C@]12C[C@H]([C@](C)(O)C(C)(C)C)C(OC)[C@@H]3Oc4c(O)ccc5c4[C@@]31CCC[C@@H]2C5. The van der Waals surface area contributed by atoms with Gasteiger partial charge in [-0.15, -0.1) is 0 Å². The Bertz CT molecular complexity index is 869. The Kier molecular flexibility index (Phi) is 4.24. The molecule has 0 amide bonds. The molecule has 2 N–H and O–H groups in total. The summed E-state index contributed by atoms with van der Waals surface area (Å²) in [5, 5.41) is 22.6. The fraction of sp³-hybridized carbons (Fsp3) is 0.769. The van der Waals surface area contributed by atoms with Gasteiger partial charge in [-0.2, -0.15) is 0 Å². The van der Waals surface area contributed by atoms with Crippen LogP contribution in [-0.2, 0) is 16.6 Å². The van der Waals surface area contributed by atoms with Crippen LogP contribution in [0.2, 0.25) is 0 Å². The summed E-state index contributed by atoms with van der Waals surface area (Å²) < 4.78 is 12.9. The summed E-state index contributed by atoms with van der Waals surface area (Å²) in [6.45, 7) is 10.7. The molecule has 1 heterocycles. The zero-order chi connectivity index (χ0) is 21.7. The Hall–Kier alpha value is -1.26. The van der Waals surface area contributed by atoms with Gasteiger partial charge in [-0.1, -0.05) is 40.2 Å². The highest BCUT2D eigenvalue weighted by Gasteiger charge is 2.74. The second-order valence-electron chi connectivity index (χ2n) is 11.7. The zero-order valence-electron chi connectivity index (χ0n) is 19.4. The number of hydrogen-bond acceptors (Lipinski definition) is 4. The van der Waals surface area contributed by atoms with Crippen molar-refractivity contribution in [2.45, 2.75) is 96.4 Å². The van der Waals surface area contributed by atoms with Gasteiger partial charge in [0.25, 0.3) is 0 Å². The van der Waals surface area contributed by atoms with Crippen molar-refractivity contribution in [1.29, 1.82) is 0 Å². The van der Waals surface area contributed by atoms with Gasteiger partial charge < -0.3 is 19.7 Å². The first kappa shape index (κ1) is 20.6. The van der Waals surface area contributed by atoms with E-state index < -0.39 is 5.60 Å². The Morgan fingerprint density at radius 3 is 2.60 bits per heavy atom. The lowest BCUT2D eigenvalue weighted by molar-refractivity contribution is -0.231. The summed E-state index contributed by atoms with van der Waals surface area (Å²) in [4.78, 5) is 0. The van der Waals surface area contributed by atoms with E-state index in [1.807, 2.05) is 6.92 Å². The van der Waals surface area contributed by atoms with Crippen LogP contribution in [0.4, 0.5) is 0 Å². The van der Waals surface area contributed by atoms with Crippen molar-refractivity contribution in [3.63, 3.8) is 0 Å². The maximum absolute atomic E-state index is 11.9. The number of aromatic hydroxyl groups is 1. The molecule has 166 valence electrons. The standard InChI is InChI=1S/C26H38O4/c1-7-25-14-17(24(5,28)23(2,3)4)20(29-6)22-26(25)12-8-9-16(25)13-15-10-11-18(27)21(30-22)19(15)26/h10-11,16-17,20,22,27-28H,7-9,12-14H2,1-6H3/t16-,17+,20?,22+,24+,25-,26+/m1/s1. The third-order valence-corrected chi connectivity index (χ3v) is 10.1. The van der Waals surface area contributed by atoms with Crippen molar-refractivity contribution < 1.29 is 19.7 Å². The Morgan fingerprint density at radius 2 is 1.97 bits per heavy atom. The van der Waals surface area contributed by atoms with Crippen LogP contribution in [0.3, 0.4) is 0 Å². The fourth-order valence-corrected chi connectivity index (χ4v) is 8.17. The molecule has 3 aliphatic carbocycles. The Labute approximate surface area is 181 Å². The van der Waals surface area contributed by atoms with Gasteiger partial charge in [0.05, 0.1) is 5.60 Å². The van der Waals surface area contributed by atoms with Crippen molar-refractivity contribution >= 4 is 0 Å². The highest BCUT2D eigenvalue weighted by Crippen LogP contribution is 2.74. The molecule has 2 bridgehead atoms. The number of benzene rings is 1. The molecule has 1 aromatic rings. The highest BCUT2D eigenvalue weighted by molar-refractivity contribution is 5.61. The summed E-state index contributed by atoms with van der Waals surface area (Å²) in [6, 6.07) is 3.93. The lowest BCUT2D eigenvalue weighted by Crippen LogP contribution is -2.72. The van der Waals surface area contributed by atoms with Crippen molar-refractivity contribution in [3.05, 3.63) is 23.3 Å². The molecule has 1 aromatic carbocycles. The number of hydrogen-bond donors (Lipinski definition) is 2. The number of methoxy groups -OCH3 is 1. The molecule has 4 nitrogen and oxygen atoms in total. The topological polar surface area (TPSA) is 58.9 Å². The molecule has 4 aliphatic rings. The van der Waals surface area contributed by atoms with E-state index in [1.54, 1.807) is 13.2 Å². The second-order valence-corrected chi connectivity index (χ2v) is 11.7. The van der Waals surface area contributed by atoms with E-state index in [0.717, 1.165) is 25.7 Å². The van der Waals surface area contributed by atoms with Crippen LogP contribution in [0.25, 0.3) is 0 Å². The third kappa shape index (κ3) is 2.15. The summed E-state index contributed by atoms with van der Waals surface area (Å²) in [7, 11) is 1.77. The molecule has 1 aliphatic heterocycles. The predicted octanol–water partition coefficient (Wildman–Crippen LogP) is 4.98. The lowest BCUT2D eigenvalue weighted by Gasteiger charge is -2.67. The summed E-state index contributed by atoms with van der Waals surface area (Å²) in [5.41, 5.74) is 1.38. The smallest absolute Gasteiger partial charge is 0.165 e. The zero-order valence-corrected chi connectivity index (χ0v) is 19.4. The molecule has 1 spiro atoms. The van der Waals surface area contributed by atoms with Gasteiger partial charge in [-0.05, 0) is 67.4 Å². The molecule has 0 aromatic heterocycles. The highest BCUT2D eigenvalue weighted by atomic mass is 16.5. The average molecular weight is 415 g/mol. The van der Waals surface area contributed by atoms with Crippen molar-refractivity contribution in [3.8, 4) is 11.5 Å². The van der Waals surface area contributed by atoms with Gasteiger partial charge in [-0.3, -0.25) is 0 Å². The molecule has 5 rings (SSSR count). The first-order chi connectivity index (χ1) is 14.0. The lowest BCUT2D eigenvalue weighted by atomic mass is 9.37. The van der Waals surface area contributed by atoms with Crippen molar-refractivity contribution in [2.75, 3.05) is 7.11 Å². The number of phenolic OH excluding ortho intramolecular Hbond substituents is 1. The first-order valence-corrected chi connectivity index (χ1v) is 11.8. The largest absolute Gasteiger partial charge is 0.504 e. The first-order valence-electron chi connectivity index (χ1n) is 11.8. The van der Waals surface area contributed by atoms with Crippen molar-refractivity contribution in [2.24, 2.45) is 22.7 Å². The summed E-state index contributed by atoms with van der Waals surface area (Å²) in [5.74, 6) is 1.50. The fourth-order valence-electron chi connectivity index (χ4n) is 8.17. The second kappa shape index (κ2) is 6.16. The van der Waals surface area contributed by atoms with Crippen LogP contribution in [0.1, 0.15) is 77.8 Å². The van der Waals surface area contributed by atoms with Gasteiger partial charge in [0.15, 0.2) is 11.5 Å². The normalized spacial score (nSPS) is 41.0. The number of aliphatic hydroxyl groups is 1. The van der Waals surface area contributed by atoms with Gasteiger partial charge in [-0.25, -0.2) is 0 Å². The van der Waals surface area contributed by atoms with E-state index in [2.05, 4.69) is 33.8 Å². The van der Waals surface area contributed by atoms with Crippen LogP contribution in [0.15, 0.2) is 12.1 Å². The Morgan fingerprint density at radius 1 is 1.23 bits per heavy atom. The molecule has 2 saturated carbocycles. The molecule has 1 unspecified atom stereocenters. The summed E-state index contributed by atoms with van der Waals surface area (Å²) >= 11 is 0. The van der Waals surface area contributed by atoms with Crippen molar-refractivity contribution in [1.82, 2.24) is 0 Å². The molecular formula is C26H38O4. The van der Waals surface area contributed by atoms with Crippen LogP contribution in [0.5, 0.6) is 11.5 Å². The van der Waals surface area contributed by atoms with E-state index in [9.17, 15) is 10.2 Å². The minimum absolute atomic E-state index is 0.0285. The van der Waals surface area contributed by atoms with Gasteiger partial charge in [0.1, 0.15) is 12.2 Å². The number of ether oxygens (including phenoxy) is 2. The van der Waals surface area contributed by atoms with Gasteiger partial charge >= 0.3 is 0 Å². The van der Waals surface area contributed by atoms with Crippen LogP contribution in [0, 0.1) is 22.7 Å². The van der Waals surface area contributed by atoms with E-state index >= 15 is 0 Å². The minimum Gasteiger partial charge on any atom is -0.504 e.